The van der Waals surface area contributed by atoms with Crippen molar-refractivity contribution in [2.45, 2.75) is 64.6 Å². The Bertz CT molecular complexity index is 590. The average Bonchev–Trinajstić information content (AvgIpc) is 2.76. The summed E-state index contributed by atoms with van der Waals surface area (Å²) in [7, 11) is 0. The van der Waals surface area contributed by atoms with Crippen LogP contribution < -0.4 is 0 Å². The number of halogens is 1. The summed E-state index contributed by atoms with van der Waals surface area (Å²) in [4.78, 5) is 49.8. The number of ether oxygens (including phenoxy) is 3. The van der Waals surface area contributed by atoms with Gasteiger partial charge in [-0.2, -0.15) is 0 Å². The molecule has 2 rings (SSSR count). The first-order chi connectivity index (χ1) is 11.3. The molecule has 0 saturated carbocycles. The average molecular weight is 359 g/mol. The van der Waals surface area contributed by atoms with Crippen molar-refractivity contribution in [1.82, 2.24) is 4.90 Å². The zero-order chi connectivity index (χ0) is 19.2. The van der Waals surface area contributed by atoms with Gasteiger partial charge in [-0.1, -0.05) is 0 Å². The summed E-state index contributed by atoms with van der Waals surface area (Å²) in [6.45, 7) is 7.23. The molecular formula is C16H22FNO7. The molecule has 8 nitrogen and oxygen atoms in total. The Balaban J connectivity index is 2.20. The number of hydrogen-bond acceptors (Lipinski definition) is 7. The maximum atomic E-state index is 13.8. The van der Waals surface area contributed by atoms with Crippen LogP contribution in [-0.2, 0) is 28.6 Å². The first kappa shape index (κ1) is 19.1. The van der Waals surface area contributed by atoms with Crippen molar-refractivity contribution >= 4 is 23.8 Å². The van der Waals surface area contributed by atoms with E-state index in [4.69, 9.17) is 14.2 Å². The van der Waals surface area contributed by atoms with Crippen LogP contribution in [0.15, 0.2) is 0 Å². The van der Waals surface area contributed by atoms with Crippen LogP contribution in [0.5, 0.6) is 0 Å². The number of cyclic esters (lactones) is 2. The van der Waals surface area contributed by atoms with E-state index in [1.165, 1.54) is 13.8 Å². The van der Waals surface area contributed by atoms with Gasteiger partial charge < -0.3 is 14.2 Å². The molecule has 25 heavy (non-hydrogen) atoms. The van der Waals surface area contributed by atoms with Crippen molar-refractivity contribution < 1.29 is 37.8 Å². The van der Waals surface area contributed by atoms with E-state index in [1.54, 1.807) is 20.8 Å². The molecule has 0 bridgehead atoms. The SMILES string of the molecule is CC(C)(C)OC(=O)N1C[C@H](F)C[C@H]1C(=O)C1C(=O)OC(C)(C)OC1=O. The standard InChI is InChI=1S/C16H22FNO7/c1-15(2,3)25-14(22)18-7-8(17)6-9(18)11(19)10-12(20)23-16(4,5)24-13(10)21/h8-10H,6-7H2,1-5H3/t8-,9+/m1/s1. The number of esters is 2. The van der Waals surface area contributed by atoms with Crippen LogP contribution in [0.25, 0.3) is 0 Å². The van der Waals surface area contributed by atoms with E-state index in [9.17, 15) is 23.6 Å². The Kier molecular flexibility index (Phi) is 4.80. The minimum atomic E-state index is -1.84. The third kappa shape index (κ3) is 4.26. The van der Waals surface area contributed by atoms with Crippen LogP contribution in [-0.4, -0.2) is 58.9 Å². The fourth-order valence-electron chi connectivity index (χ4n) is 2.72. The van der Waals surface area contributed by atoms with Crippen LogP contribution in [0.1, 0.15) is 41.0 Å². The third-order valence-electron chi connectivity index (χ3n) is 3.66. The number of hydrogen-bond donors (Lipinski definition) is 0. The maximum absolute atomic E-state index is 13.8. The van der Waals surface area contributed by atoms with Crippen molar-refractivity contribution in [2.24, 2.45) is 5.92 Å². The van der Waals surface area contributed by atoms with Crippen molar-refractivity contribution in [1.29, 1.82) is 0 Å². The molecule has 0 unspecified atom stereocenters. The summed E-state index contributed by atoms with van der Waals surface area (Å²) < 4.78 is 28.8. The number of nitrogens with zero attached hydrogens (tertiary/aromatic N) is 1. The molecule has 2 aliphatic heterocycles. The second kappa shape index (κ2) is 6.27. The number of rotatable bonds is 2. The van der Waals surface area contributed by atoms with Crippen molar-refractivity contribution in [3.8, 4) is 0 Å². The van der Waals surface area contributed by atoms with Crippen LogP contribution in [0, 0.1) is 5.92 Å². The number of ketones is 1. The van der Waals surface area contributed by atoms with E-state index in [0.717, 1.165) is 4.90 Å². The first-order valence-corrected chi connectivity index (χ1v) is 7.94. The van der Waals surface area contributed by atoms with E-state index in [1.807, 2.05) is 0 Å². The number of Topliss-reactive ketones (excluding diaryl/α,β-unsaturated/α-hetero) is 1. The molecule has 2 aliphatic rings. The van der Waals surface area contributed by atoms with Crippen LogP contribution >= 0.6 is 0 Å². The van der Waals surface area contributed by atoms with Gasteiger partial charge in [0.25, 0.3) is 5.79 Å². The molecule has 0 aromatic heterocycles. The van der Waals surface area contributed by atoms with Crippen LogP contribution in [0.4, 0.5) is 9.18 Å². The van der Waals surface area contributed by atoms with E-state index >= 15 is 0 Å². The Morgan fingerprint density at radius 3 is 2.20 bits per heavy atom. The highest BCUT2D eigenvalue weighted by Gasteiger charge is 2.52. The second-order valence-electron chi connectivity index (χ2n) is 7.56. The lowest BCUT2D eigenvalue weighted by molar-refractivity contribution is -0.238. The lowest BCUT2D eigenvalue weighted by Crippen LogP contribution is -2.54. The maximum Gasteiger partial charge on any atom is 0.411 e. The highest BCUT2D eigenvalue weighted by Crippen LogP contribution is 2.30. The van der Waals surface area contributed by atoms with Crippen molar-refractivity contribution in [2.75, 3.05) is 6.54 Å². The predicted molar refractivity (Wildman–Crippen MR) is 81.0 cm³/mol. The molecular weight excluding hydrogens is 337 g/mol. The summed E-state index contributed by atoms with van der Waals surface area (Å²) in [5.41, 5.74) is -0.841. The quantitative estimate of drug-likeness (QED) is 0.542. The number of likely N-dealkylation sites (tertiary alicyclic amines) is 1. The summed E-state index contributed by atoms with van der Waals surface area (Å²) in [6.07, 6.45) is -2.67. The fraction of sp³-hybridized carbons (Fsp3) is 0.750. The monoisotopic (exact) mass is 359 g/mol. The Labute approximate surface area is 144 Å². The fourth-order valence-corrected chi connectivity index (χ4v) is 2.72. The second-order valence-corrected chi connectivity index (χ2v) is 7.56. The van der Waals surface area contributed by atoms with Crippen molar-refractivity contribution in [3.05, 3.63) is 0 Å². The lowest BCUT2D eigenvalue weighted by Gasteiger charge is -2.34. The smallest absolute Gasteiger partial charge is 0.411 e. The van der Waals surface area contributed by atoms with Gasteiger partial charge in [0.15, 0.2) is 5.78 Å². The molecule has 2 heterocycles. The molecule has 0 aromatic rings. The van der Waals surface area contributed by atoms with Gasteiger partial charge in [-0.3, -0.25) is 19.3 Å². The Hall–Kier alpha value is -2.19. The van der Waals surface area contributed by atoms with Gasteiger partial charge in [-0.05, 0) is 20.8 Å². The molecule has 2 atom stereocenters. The molecule has 140 valence electrons. The minimum Gasteiger partial charge on any atom is -0.444 e. The summed E-state index contributed by atoms with van der Waals surface area (Å²) in [5, 5.41) is 0. The molecule has 2 saturated heterocycles. The van der Waals surface area contributed by atoms with Crippen LogP contribution in [0.3, 0.4) is 0 Å². The zero-order valence-electron chi connectivity index (χ0n) is 14.8. The normalized spacial score (nSPS) is 26.9. The molecule has 0 aromatic carbocycles. The van der Waals surface area contributed by atoms with Crippen LogP contribution in [0.2, 0.25) is 0 Å². The molecule has 9 heteroatoms. The largest absolute Gasteiger partial charge is 0.444 e. The van der Waals surface area contributed by atoms with Gasteiger partial charge in [-0.15, -0.1) is 0 Å². The number of alkyl halides is 1. The molecule has 2 fully saturated rings. The van der Waals surface area contributed by atoms with Gasteiger partial charge in [-0.25, -0.2) is 9.18 Å². The number of amides is 1. The Morgan fingerprint density at radius 2 is 1.72 bits per heavy atom. The topological polar surface area (TPSA) is 99.2 Å². The highest BCUT2D eigenvalue weighted by atomic mass is 19.1. The van der Waals surface area contributed by atoms with Gasteiger partial charge in [0.05, 0.1) is 12.6 Å². The predicted octanol–water partition coefficient (Wildman–Crippen LogP) is 1.36. The first-order valence-electron chi connectivity index (χ1n) is 7.94. The van der Waals surface area contributed by atoms with Gasteiger partial charge in [0, 0.05) is 20.3 Å². The molecule has 0 aliphatic carbocycles. The minimum absolute atomic E-state index is 0.321. The highest BCUT2D eigenvalue weighted by molar-refractivity contribution is 6.17. The summed E-state index contributed by atoms with van der Waals surface area (Å²) in [5.74, 6) is -6.39. The van der Waals surface area contributed by atoms with Gasteiger partial charge in [0.2, 0.25) is 5.92 Å². The van der Waals surface area contributed by atoms with E-state index in [0.29, 0.717) is 0 Å². The summed E-state index contributed by atoms with van der Waals surface area (Å²) in [6, 6.07) is -1.30. The Morgan fingerprint density at radius 1 is 1.20 bits per heavy atom. The zero-order valence-corrected chi connectivity index (χ0v) is 14.8. The van der Waals surface area contributed by atoms with E-state index < -0.39 is 53.3 Å². The molecule has 0 spiro atoms. The summed E-state index contributed by atoms with van der Waals surface area (Å²) >= 11 is 0. The van der Waals surface area contributed by atoms with E-state index in [-0.39, 0.29) is 13.0 Å². The third-order valence-corrected chi connectivity index (χ3v) is 3.66. The van der Waals surface area contributed by atoms with Gasteiger partial charge >= 0.3 is 18.0 Å². The lowest BCUT2D eigenvalue weighted by atomic mass is 9.95. The molecule has 0 radical (unpaired) electrons. The van der Waals surface area contributed by atoms with Crippen molar-refractivity contribution in [3.63, 3.8) is 0 Å². The van der Waals surface area contributed by atoms with Gasteiger partial charge in [0.1, 0.15) is 11.8 Å². The molecule has 0 N–H and O–H groups in total. The number of carbonyl (C=O) groups is 4. The molecule has 1 amide bonds. The van der Waals surface area contributed by atoms with E-state index in [2.05, 4.69) is 0 Å². The number of carbonyl (C=O) groups excluding carboxylic acids is 4.